The zero-order valence-corrected chi connectivity index (χ0v) is 17.1. The number of carbonyl (C=O) groups is 3. The second kappa shape index (κ2) is 7.87. The zero-order chi connectivity index (χ0) is 20.6. The molecule has 3 aliphatic heterocycles. The van der Waals surface area contributed by atoms with Crippen LogP contribution in [0.2, 0.25) is 0 Å². The molecular weight excluding hydrogens is 394 g/mol. The van der Waals surface area contributed by atoms with E-state index in [-0.39, 0.29) is 41.4 Å². The second-order valence-corrected chi connectivity index (χ2v) is 9.87. The number of sulfonamides is 1. The summed E-state index contributed by atoms with van der Waals surface area (Å²) in [7, 11) is -3.67. The Kier molecular flexibility index (Phi) is 5.44. The van der Waals surface area contributed by atoms with Gasteiger partial charge in [-0.15, -0.1) is 0 Å². The van der Waals surface area contributed by atoms with Crippen LogP contribution in [0.25, 0.3) is 0 Å². The third kappa shape index (κ3) is 3.93. The molecule has 0 radical (unpaired) electrons. The standard InChI is InChI=1S/C20H25N3O5S/c24-18-4-2-11-21(18)13-15-3-1-12-22(14-15)29(27,28)17-7-5-16(6-8-17)23-19(25)9-10-20(23)26/h5-8,15H,1-4,9-14H2. The lowest BCUT2D eigenvalue weighted by molar-refractivity contribution is -0.128. The highest BCUT2D eigenvalue weighted by Crippen LogP contribution is 2.28. The number of benzene rings is 1. The molecule has 3 saturated heterocycles. The van der Waals surface area contributed by atoms with E-state index in [4.69, 9.17) is 0 Å². The molecule has 0 aromatic heterocycles. The number of hydrogen-bond donors (Lipinski definition) is 0. The molecule has 156 valence electrons. The van der Waals surface area contributed by atoms with Crippen LogP contribution < -0.4 is 4.90 Å². The lowest BCUT2D eigenvalue weighted by Crippen LogP contribution is -2.44. The topological polar surface area (TPSA) is 95.1 Å². The van der Waals surface area contributed by atoms with E-state index < -0.39 is 10.0 Å². The Hall–Kier alpha value is -2.26. The Morgan fingerprint density at radius 1 is 0.862 bits per heavy atom. The van der Waals surface area contributed by atoms with Crippen molar-refractivity contribution in [1.82, 2.24) is 9.21 Å². The first kappa shape index (κ1) is 20.0. The molecule has 4 rings (SSSR count). The molecule has 1 atom stereocenters. The van der Waals surface area contributed by atoms with E-state index in [2.05, 4.69) is 0 Å². The Bertz CT molecular complexity index is 912. The molecule has 3 amide bonds. The molecule has 0 aliphatic carbocycles. The maximum Gasteiger partial charge on any atom is 0.243 e. The quantitative estimate of drug-likeness (QED) is 0.672. The van der Waals surface area contributed by atoms with Crippen LogP contribution in [-0.4, -0.2) is 61.5 Å². The molecule has 0 bridgehead atoms. The summed E-state index contributed by atoms with van der Waals surface area (Å²) in [4.78, 5) is 38.7. The molecule has 0 saturated carbocycles. The van der Waals surface area contributed by atoms with E-state index in [0.717, 1.165) is 30.7 Å². The summed E-state index contributed by atoms with van der Waals surface area (Å²) < 4.78 is 27.7. The van der Waals surface area contributed by atoms with Crippen molar-refractivity contribution in [3.05, 3.63) is 24.3 Å². The van der Waals surface area contributed by atoms with Crippen LogP contribution >= 0.6 is 0 Å². The van der Waals surface area contributed by atoms with Gasteiger partial charge in [0.05, 0.1) is 10.6 Å². The lowest BCUT2D eigenvalue weighted by atomic mass is 9.99. The van der Waals surface area contributed by atoms with Crippen LogP contribution in [0.3, 0.4) is 0 Å². The molecule has 3 aliphatic rings. The van der Waals surface area contributed by atoms with Gasteiger partial charge >= 0.3 is 0 Å². The van der Waals surface area contributed by atoms with Gasteiger partial charge < -0.3 is 4.90 Å². The number of likely N-dealkylation sites (tertiary alicyclic amines) is 1. The molecule has 3 fully saturated rings. The third-order valence-electron chi connectivity index (χ3n) is 5.92. The number of amides is 3. The first-order chi connectivity index (χ1) is 13.9. The van der Waals surface area contributed by atoms with E-state index in [1.54, 1.807) is 0 Å². The number of piperidine rings is 1. The largest absolute Gasteiger partial charge is 0.342 e. The lowest BCUT2D eigenvalue weighted by Gasteiger charge is -2.34. The van der Waals surface area contributed by atoms with Crippen molar-refractivity contribution in [1.29, 1.82) is 0 Å². The van der Waals surface area contributed by atoms with Gasteiger partial charge in [-0.25, -0.2) is 8.42 Å². The van der Waals surface area contributed by atoms with Crippen LogP contribution in [0.15, 0.2) is 29.2 Å². The first-order valence-corrected chi connectivity index (χ1v) is 11.5. The first-order valence-electron chi connectivity index (χ1n) is 10.1. The van der Waals surface area contributed by atoms with Gasteiger partial charge in [0, 0.05) is 45.4 Å². The molecule has 9 heteroatoms. The van der Waals surface area contributed by atoms with Crippen molar-refractivity contribution in [2.24, 2.45) is 5.92 Å². The number of nitrogens with zero attached hydrogens (tertiary/aromatic N) is 3. The number of rotatable bonds is 5. The van der Waals surface area contributed by atoms with Crippen molar-refractivity contribution in [3.63, 3.8) is 0 Å². The van der Waals surface area contributed by atoms with Gasteiger partial charge in [-0.1, -0.05) is 0 Å². The van der Waals surface area contributed by atoms with Crippen molar-refractivity contribution in [2.45, 2.75) is 43.4 Å². The van der Waals surface area contributed by atoms with Gasteiger partial charge in [0.1, 0.15) is 0 Å². The van der Waals surface area contributed by atoms with Crippen LogP contribution in [0.1, 0.15) is 38.5 Å². The molecule has 3 heterocycles. The van der Waals surface area contributed by atoms with Crippen LogP contribution in [0.5, 0.6) is 0 Å². The highest BCUT2D eigenvalue weighted by molar-refractivity contribution is 7.89. The van der Waals surface area contributed by atoms with Crippen LogP contribution in [0, 0.1) is 5.92 Å². The van der Waals surface area contributed by atoms with E-state index in [1.807, 2.05) is 4.90 Å². The maximum absolute atomic E-state index is 13.1. The van der Waals surface area contributed by atoms with Gasteiger partial charge in [0.2, 0.25) is 27.7 Å². The number of anilines is 1. The fourth-order valence-corrected chi connectivity index (χ4v) is 5.94. The Balaban J connectivity index is 1.46. The summed E-state index contributed by atoms with van der Waals surface area (Å²) in [6.07, 6.45) is 3.51. The Morgan fingerprint density at radius 2 is 1.55 bits per heavy atom. The van der Waals surface area contributed by atoms with Gasteiger partial charge in [-0.2, -0.15) is 4.31 Å². The Labute approximate surface area is 170 Å². The Morgan fingerprint density at radius 3 is 2.17 bits per heavy atom. The number of imide groups is 1. The summed E-state index contributed by atoms with van der Waals surface area (Å²) in [5.74, 6) is -0.229. The van der Waals surface area contributed by atoms with Crippen molar-refractivity contribution < 1.29 is 22.8 Å². The molecular formula is C20H25N3O5S. The second-order valence-electron chi connectivity index (χ2n) is 7.93. The SMILES string of the molecule is O=C1CCCN1CC1CCCN(S(=O)(=O)c2ccc(N3C(=O)CCC3=O)cc2)C1. The predicted molar refractivity (Wildman–Crippen MR) is 105 cm³/mol. The minimum absolute atomic E-state index is 0.139. The fourth-order valence-electron chi connectivity index (χ4n) is 4.38. The highest BCUT2D eigenvalue weighted by Gasteiger charge is 2.34. The van der Waals surface area contributed by atoms with Crippen molar-refractivity contribution >= 4 is 33.4 Å². The fraction of sp³-hybridized carbons (Fsp3) is 0.550. The molecule has 1 aromatic rings. The summed E-state index contributed by atoms with van der Waals surface area (Å²) >= 11 is 0. The van der Waals surface area contributed by atoms with Gasteiger partial charge in [-0.3, -0.25) is 19.3 Å². The normalized spacial score (nSPS) is 24.0. The zero-order valence-electron chi connectivity index (χ0n) is 16.2. The van der Waals surface area contributed by atoms with Crippen molar-refractivity contribution in [3.8, 4) is 0 Å². The predicted octanol–water partition coefficient (Wildman–Crippen LogP) is 1.36. The minimum Gasteiger partial charge on any atom is -0.342 e. The monoisotopic (exact) mass is 419 g/mol. The summed E-state index contributed by atoms with van der Waals surface area (Å²) in [5, 5.41) is 0. The average Bonchev–Trinajstić information content (AvgIpc) is 3.27. The summed E-state index contributed by atoms with van der Waals surface area (Å²) in [6.45, 7) is 2.23. The summed E-state index contributed by atoms with van der Waals surface area (Å²) in [6, 6.07) is 5.94. The van der Waals surface area contributed by atoms with Crippen LogP contribution in [0.4, 0.5) is 5.69 Å². The van der Waals surface area contributed by atoms with Crippen molar-refractivity contribution in [2.75, 3.05) is 31.1 Å². The average molecular weight is 420 g/mol. The third-order valence-corrected chi connectivity index (χ3v) is 7.80. The van der Waals surface area contributed by atoms with Gasteiger partial charge in [0.25, 0.3) is 0 Å². The van der Waals surface area contributed by atoms with E-state index in [9.17, 15) is 22.8 Å². The molecule has 1 unspecified atom stereocenters. The summed E-state index contributed by atoms with van der Waals surface area (Å²) in [5.41, 5.74) is 0.403. The molecule has 0 N–H and O–H groups in total. The van der Waals surface area contributed by atoms with Gasteiger partial charge in [-0.05, 0) is 49.4 Å². The van der Waals surface area contributed by atoms with E-state index in [1.165, 1.54) is 28.6 Å². The molecule has 8 nitrogen and oxygen atoms in total. The maximum atomic E-state index is 13.1. The van der Waals surface area contributed by atoms with E-state index >= 15 is 0 Å². The molecule has 29 heavy (non-hydrogen) atoms. The smallest absolute Gasteiger partial charge is 0.243 e. The molecule has 0 spiro atoms. The van der Waals surface area contributed by atoms with Crippen LogP contribution in [-0.2, 0) is 24.4 Å². The minimum atomic E-state index is -3.67. The molecule has 1 aromatic carbocycles. The van der Waals surface area contributed by atoms with E-state index in [0.29, 0.717) is 31.7 Å². The van der Waals surface area contributed by atoms with Gasteiger partial charge in [0.15, 0.2) is 0 Å². The number of hydrogen-bond acceptors (Lipinski definition) is 5. The highest BCUT2D eigenvalue weighted by atomic mass is 32.2. The number of carbonyl (C=O) groups excluding carboxylic acids is 3.